The van der Waals surface area contributed by atoms with Gasteiger partial charge in [0.1, 0.15) is 41.7 Å². The van der Waals surface area contributed by atoms with Gasteiger partial charge in [0.15, 0.2) is 34.7 Å². The summed E-state index contributed by atoms with van der Waals surface area (Å²) in [5, 5.41) is 81.4. The Bertz CT molecular complexity index is 1630. The summed E-state index contributed by atoms with van der Waals surface area (Å²) in [5.41, 5.74) is 0.332. The van der Waals surface area contributed by atoms with Crippen LogP contribution in [0.3, 0.4) is 0 Å². The fourth-order valence-electron chi connectivity index (χ4n) is 4.43. The average Bonchev–Trinajstić information content (AvgIpc) is 2.98. The van der Waals surface area contributed by atoms with Gasteiger partial charge in [0.25, 0.3) is 0 Å². The van der Waals surface area contributed by atoms with Gasteiger partial charge in [-0.15, -0.1) is 0 Å². The Morgan fingerprint density at radius 1 is 0.837 bits per heavy atom. The van der Waals surface area contributed by atoms with Crippen LogP contribution in [0.25, 0.3) is 28.7 Å². The summed E-state index contributed by atoms with van der Waals surface area (Å²) >= 11 is 0. The first kappa shape index (κ1) is 29.8. The summed E-state index contributed by atoms with van der Waals surface area (Å²) < 4.78 is 22.7. The molecule has 2 aliphatic heterocycles. The minimum Gasteiger partial charge on any atom is -0.508 e. The van der Waals surface area contributed by atoms with Gasteiger partial charge in [0, 0.05) is 17.7 Å². The first-order valence-electron chi connectivity index (χ1n) is 13.0. The molecule has 0 aromatic heterocycles. The maximum absolute atomic E-state index is 12.0. The van der Waals surface area contributed by atoms with Crippen molar-refractivity contribution < 1.29 is 59.5 Å². The van der Waals surface area contributed by atoms with Gasteiger partial charge in [-0.3, -0.25) is 4.79 Å². The number of phenolic OH excluding ortho intramolecular Hbond substituents is 4. The molecule has 8 N–H and O–H groups in total. The monoisotopic (exact) mass is 596 g/mol. The van der Waals surface area contributed by atoms with Crippen molar-refractivity contribution in [1.29, 1.82) is 0 Å². The highest BCUT2D eigenvalue weighted by Gasteiger charge is 2.45. The van der Waals surface area contributed by atoms with Crippen molar-refractivity contribution >= 4 is 6.08 Å². The molecule has 2 heterocycles. The van der Waals surface area contributed by atoms with Crippen LogP contribution in [0.15, 0.2) is 76.0 Å². The van der Waals surface area contributed by atoms with Crippen LogP contribution in [0.4, 0.5) is 0 Å². The molecule has 0 radical (unpaired) electrons. The lowest BCUT2D eigenvalue weighted by molar-refractivity contribution is -0.284. The molecule has 1 saturated heterocycles. The fourth-order valence-corrected chi connectivity index (χ4v) is 4.43. The molecule has 43 heavy (non-hydrogen) atoms. The largest absolute Gasteiger partial charge is 0.508 e. The molecule has 13 nitrogen and oxygen atoms in total. The van der Waals surface area contributed by atoms with Crippen LogP contribution >= 0.6 is 0 Å². The van der Waals surface area contributed by atoms with Gasteiger partial charge >= 0.3 is 0 Å². The molecule has 1 aliphatic carbocycles. The van der Waals surface area contributed by atoms with E-state index < -0.39 is 66.3 Å². The smallest absolute Gasteiger partial charge is 0.229 e. The maximum Gasteiger partial charge on any atom is 0.229 e. The standard InChI is InChI=1S/C30H28O13/c31-16-5-1-14(2-6-16)3-8-25(36)40-13-24-26(37)27(38)28(39)30(43-24)42-23-12-18-20(34)10-17(32)11-22(18)41-29(23)15-4-7-19(33)21(35)9-15/h1-12,24-28,30-31,33-39H,13H2/t24-,25?,26-,27+,28-,30-/m1/s1. The molecular formula is C30H28O13. The quantitative estimate of drug-likeness (QED) is 0.107. The zero-order chi connectivity index (χ0) is 30.8. The van der Waals surface area contributed by atoms with E-state index in [4.69, 9.17) is 18.6 Å². The number of hydrogen-bond acceptors (Lipinski definition) is 13. The van der Waals surface area contributed by atoms with Gasteiger partial charge in [-0.1, -0.05) is 18.2 Å². The second-order valence-electron chi connectivity index (χ2n) is 9.80. The molecule has 2 aromatic carbocycles. The summed E-state index contributed by atoms with van der Waals surface area (Å²) in [4.78, 5) is 12.0. The maximum atomic E-state index is 12.0. The Balaban J connectivity index is 1.39. The van der Waals surface area contributed by atoms with Crippen molar-refractivity contribution in [2.24, 2.45) is 0 Å². The molecule has 0 saturated carbocycles. The van der Waals surface area contributed by atoms with Gasteiger partial charge in [-0.25, -0.2) is 0 Å². The number of rotatable bonds is 8. The van der Waals surface area contributed by atoms with Crippen LogP contribution in [0.5, 0.6) is 28.7 Å². The Morgan fingerprint density at radius 2 is 1.58 bits per heavy atom. The van der Waals surface area contributed by atoms with E-state index in [1.165, 1.54) is 42.5 Å². The molecule has 5 rings (SSSR count). The number of phenols is 4. The van der Waals surface area contributed by atoms with E-state index >= 15 is 0 Å². The van der Waals surface area contributed by atoms with Gasteiger partial charge in [0.2, 0.25) is 6.29 Å². The molecule has 0 amide bonds. The molecule has 0 bridgehead atoms. The van der Waals surface area contributed by atoms with Gasteiger partial charge in [-0.2, -0.15) is 0 Å². The van der Waals surface area contributed by atoms with Crippen LogP contribution < -0.4 is 10.2 Å². The zero-order valence-electron chi connectivity index (χ0n) is 22.2. The van der Waals surface area contributed by atoms with Gasteiger partial charge in [0.05, 0.1) is 12.2 Å². The molecule has 2 aromatic rings. The van der Waals surface area contributed by atoms with E-state index in [1.54, 1.807) is 12.1 Å². The van der Waals surface area contributed by atoms with E-state index in [2.05, 4.69) is 0 Å². The van der Waals surface area contributed by atoms with Crippen LogP contribution in [0.1, 0.15) is 5.56 Å². The summed E-state index contributed by atoms with van der Waals surface area (Å²) in [6, 6.07) is 13.2. The average molecular weight is 597 g/mol. The number of aliphatic hydroxyl groups excluding tert-OH is 4. The Hall–Kier alpha value is -4.63. The number of ether oxygens (including phenoxy) is 3. The van der Waals surface area contributed by atoms with Crippen molar-refractivity contribution in [3.8, 4) is 51.4 Å². The highest BCUT2D eigenvalue weighted by Crippen LogP contribution is 2.43. The number of hydrogen-bond donors (Lipinski definition) is 8. The third kappa shape index (κ3) is 6.57. The molecule has 13 heteroatoms. The van der Waals surface area contributed by atoms with E-state index in [-0.39, 0.29) is 34.1 Å². The predicted molar refractivity (Wildman–Crippen MR) is 148 cm³/mol. The lowest BCUT2D eigenvalue weighted by atomic mass is 9.99. The van der Waals surface area contributed by atoms with Crippen molar-refractivity contribution in [2.75, 3.05) is 6.61 Å². The van der Waals surface area contributed by atoms with E-state index in [9.17, 15) is 45.6 Å². The molecule has 1 fully saturated rings. The van der Waals surface area contributed by atoms with Crippen molar-refractivity contribution in [2.45, 2.75) is 37.0 Å². The van der Waals surface area contributed by atoms with E-state index in [0.29, 0.717) is 5.56 Å². The topological polar surface area (TPSA) is 220 Å². The summed E-state index contributed by atoms with van der Waals surface area (Å²) in [6.45, 7) is -0.445. The van der Waals surface area contributed by atoms with Crippen molar-refractivity contribution in [3.63, 3.8) is 0 Å². The SMILES string of the molecule is O=c1cc2oc(-c3ccc(O)c(O)c3)c(O[C@@H]3O[C@H](COC(O)C=Cc4ccc(O)cc4)[C@@H](O)[C@H](O)[C@H]3O)cc-2c(O)c1. The van der Waals surface area contributed by atoms with Crippen LogP contribution in [-0.2, 0) is 9.47 Å². The molecule has 226 valence electrons. The first-order valence-corrected chi connectivity index (χ1v) is 13.0. The third-order valence-electron chi connectivity index (χ3n) is 6.73. The summed E-state index contributed by atoms with van der Waals surface area (Å²) in [6.07, 6.45) is -6.76. The molecule has 0 spiro atoms. The lowest BCUT2D eigenvalue weighted by Crippen LogP contribution is -2.60. The van der Waals surface area contributed by atoms with E-state index in [0.717, 1.165) is 18.2 Å². The van der Waals surface area contributed by atoms with Crippen LogP contribution in [0.2, 0.25) is 0 Å². The van der Waals surface area contributed by atoms with Gasteiger partial charge < -0.3 is 59.5 Å². The minimum absolute atomic E-state index is 0.0406. The normalized spacial score (nSPS) is 23.0. The molecular weight excluding hydrogens is 568 g/mol. The second kappa shape index (κ2) is 12.3. The number of benzene rings is 3. The zero-order valence-corrected chi connectivity index (χ0v) is 22.2. The molecule has 3 aliphatic rings. The highest BCUT2D eigenvalue weighted by atomic mass is 16.7. The van der Waals surface area contributed by atoms with Crippen LogP contribution in [0, 0.1) is 0 Å². The van der Waals surface area contributed by atoms with Crippen LogP contribution in [-0.4, -0.2) is 84.5 Å². The number of aromatic hydroxyl groups is 4. The molecule has 1 unspecified atom stereocenters. The number of fused-ring (bicyclic) bond motifs is 1. The van der Waals surface area contributed by atoms with Crippen molar-refractivity contribution in [3.05, 3.63) is 82.5 Å². The first-order chi connectivity index (χ1) is 20.5. The van der Waals surface area contributed by atoms with E-state index in [1.807, 2.05) is 0 Å². The van der Waals surface area contributed by atoms with Gasteiger partial charge in [-0.05, 0) is 48.0 Å². The Morgan fingerprint density at radius 3 is 2.30 bits per heavy atom. The second-order valence-corrected chi connectivity index (χ2v) is 9.80. The minimum atomic E-state index is -1.79. The number of aliphatic hydroxyl groups is 4. The lowest BCUT2D eigenvalue weighted by Gasteiger charge is -2.40. The summed E-state index contributed by atoms with van der Waals surface area (Å²) in [5.74, 6) is -1.59. The van der Waals surface area contributed by atoms with Crippen molar-refractivity contribution in [1.82, 2.24) is 0 Å². The highest BCUT2D eigenvalue weighted by molar-refractivity contribution is 5.76. The molecule has 6 atom stereocenters. The Kier molecular flexibility index (Phi) is 8.54. The summed E-state index contributed by atoms with van der Waals surface area (Å²) in [7, 11) is 0. The third-order valence-corrected chi connectivity index (χ3v) is 6.73. The fraction of sp³-hybridized carbons (Fsp3) is 0.233. The predicted octanol–water partition coefficient (Wildman–Crippen LogP) is 1.47. The Labute approximate surface area is 243 Å².